The third-order valence-corrected chi connectivity index (χ3v) is 5.17. The third-order valence-electron chi connectivity index (χ3n) is 3.66. The van der Waals surface area contributed by atoms with Gasteiger partial charge in [0.05, 0.1) is 20.6 Å². The molecule has 0 aromatic carbocycles. The molecule has 0 N–H and O–H groups in total. The number of Topliss-reactive ketones (excluding diaryl/α,β-unsaturated/α-hetero) is 1. The molecule has 0 bridgehead atoms. The van der Waals surface area contributed by atoms with Crippen LogP contribution in [0.25, 0.3) is 0 Å². The van der Waals surface area contributed by atoms with Crippen LogP contribution in [0.3, 0.4) is 0 Å². The molecule has 0 saturated heterocycles. The zero-order chi connectivity index (χ0) is 14.3. The van der Waals surface area contributed by atoms with Crippen LogP contribution in [0, 0.1) is 0 Å². The zero-order valence-electron chi connectivity index (χ0n) is 10.8. The largest absolute Gasteiger partial charge is 0.294 e. The lowest BCUT2D eigenvalue weighted by Gasteiger charge is -2.23. The van der Waals surface area contributed by atoms with Gasteiger partial charge >= 0.3 is 0 Å². The van der Waals surface area contributed by atoms with Crippen molar-refractivity contribution < 1.29 is 4.79 Å². The van der Waals surface area contributed by atoms with Crippen LogP contribution in [0.1, 0.15) is 46.4 Å². The monoisotopic (exact) mass is 326 g/mol. The van der Waals surface area contributed by atoms with Crippen LogP contribution in [0.4, 0.5) is 0 Å². The first kappa shape index (κ1) is 14.0. The molecule has 0 amide bonds. The summed E-state index contributed by atoms with van der Waals surface area (Å²) in [6, 6.07) is 1.86. The average molecular weight is 327 g/mol. The summed E-state index contributed by atoms with van der Waals surface area (Å²) in [6.45, 7) is 2.02. The molecule has 1 aliphatic rings. The molecular weight excluding hydrogens is 315 g/mol. The average Bonchev–Trinajstić information content (AvgIpc) is 2.76. The normalized spacial score (nSPS) is 18.1. The van der Waals surface area contributed by atoms with E-state index in [0.29, 0.717) is 21.5 Å². The molecule has 0 aliphatic heterocycles. The lowest BCUT2D eigenvalue weighted by atomic mass is 9.81. The minimum Gasteiger partial charge on any atom is -0.294 e. The second-order valence-corrected chi connectivity index (χ2v) is 7.14. The van der Waals surface area contributed by atoms with Crippen LogP contribution in [0.15, 0.2) is 12.3 Å². The fraction of sp³-hybridized carbons (Fsp3) is 0.357. The molecule has 2 aromatic rings. The molecule has 1 aliphatic carbocycles. The molecule has 2 heterocycles. The quantitative estimate of drug-likeness (QED) is 0.825. The Balaban J connectivity index is 2.01. The van der Waals surface area contributed by atoms with Gasteiger partial charge in [-0.25, -0.2) is 0 Å². The van der Waals surface area contributed by atoms with Gasteiger partial charge in [0.25, 0.3) is 0 Å². The van der Waals surface area contributed by atoms with Gasteiger partial charge in [-0.3, -0.25) is 4.79 Å². The number of carbonyl (C=O) groups is 1. The molecule has 3 nitrogen and oxygen atoms in total. The number of carbonyl (C=O) groups excluding carboxylic acids is 1. The van der Waals surface area contributed by atoms with E-state index < -0.39 is 0 Å². The highest BCUT2D eigenvalue weighted by atomic mass is 35.5. The van der Waals surface area contributed by atoms with Crippen molar-refractivity contribution in [3.8, 4) is 0 Å². The van der Waals surface area contributed by atoms with Crippen molar-refractivity contribution in [3.05, 3.63) is 43.3 Å². The van der Waals surface area contributed by atoms with Crippen LogP contribution < -0.4 is 0 Å². The minimum atomic E-state index is 0.0488. The van der Waals surface area contributed by atoms with Crippen molar-refractivity contribution in [2.45, 2.75) is 32.1 Å². The molecule has 104 valence electrons. The zero-order valence-corrected chi connectivity index (χ0v) is 13.1. The number of ketones is 1. The van der Waals surface area contributed by atoms with Crippen LogP contribution >= 0.6 is 34.5 Å². The highest BCUT2D eigenvalue weighted by Gasteiger charge is 2.31. The molecule has 0 radical (unpaired) electrons. The topological polar surface area (TPSA) is 42.9 Å². The summed E-state index contributed by atoms with van der Waals surface area (Å²) in [5, 5.41) is 8.15. The second kappa shape index (κ2) is 5.43. The molecule has 0 saturated carbocycles. The first-order chi connectivity index (χ1) is 9.60. The number of hydrogen-bond donors (Lipinski definition) is 0. The molecule has 3 rings (SSSR count). The molecule has 0 spiro atoms. The van der Waals surface area contributed by atoms with E-state index in [9.17, 15) is 4.79 Å². The molecule has 0 fully saturated rings. The standard InChI is InChI=1S/C14H12Cl2N2OS/c1-2-7-6-17-18-10-3-8(4-11(19)13(7)10)9-5-12(15)20-14(9)16/h5-6,8H,2-4H2,1H3. The lowest BCUT2D eigenvalue weighted by Crippen LogP contribution is -2.22. The second-order valence-electron chi connectivity index (χ2n) is 4.85. The van der Waals surface area contributed by atoms with Crippen molar-refractivity contribution in [1.82, 2.24) is 10.2 Å². The summed E-state index contributed by atoms with van der Waals surface area (Å²) in [4.78, 5) is 12.4. The van der Waals surface area contributed by atoms with Crippen LogP contribution in [-0.4, -0.2) is 16.0 Å². The number of nitrogens with zero attached hydrogens (tertiary/aromatic N) is 2. The number of rotatable bonds is 2. The molecule has 1 atom stereocenters. The Labute approximate surface area is 130 Å². The summed E-state index contributed by atoms with van der Waals surface area (Å²) < 4.78 is 1.31. The van der Waals surface area contributed by atoms with Crippen molar-refractivity contribution in [2.24, 2.45) is 0 Å². The van der Waals surface area contributed by atoms with Crippen molar-refractivity contribution in [3.63, 3.8) is 0 Å². The van der Waals surface area contributed by atoms with Crippen molar-refractivity contribution in [1.29, 1.82) is 0 Å². The minimum absolute atomic E-state index is 0.0488. The number of aryl methyl sites for hydroxylation is 1. The van der Waals surface area contributed by atoms with E-state index in [-0.39, 0.29) is 11.7 Å². The van der Waals surface area contributed by atoms with Crippen LogP contribution in [0.5, 0.6) is 0 Å². The van der Waals surface area contributed by atoms with E-state index in [1.807, 2.05) is 13.0 Å². The number of hydrogen-bond acceptors (Lipinski definition) is 4. The fourth-order valence-corrected chi connectivity index (χ4v) is 4.33. The third kappa shape index (κ3) is 2.36. The first-order valence-corrected chi connectivity index (χ1v) is 7.98. The fourth-order valence-electron chi connectivity index (χ4n) is 2.70. The number of thiophene rings is 1. The number of fused-ring (bicyclic) bond motifs is 1. The van der Waals surface area contributed by atoms with Gasteiger partial charge in [0.15, 0.2) is 5.78 Å². The van der Waals surface area contributed by atoms with Gasteiger partial charge in [0.2, 0.25) is 0 Å². The Kier molecular flexibility index (Phi) is 3.80. The van der Waals surface area contributed by atoms with Gasteiger partial charge in [0, 0.05) is 12.0 Å². The van der Waals surface area contributed by atoms with Crippen molar-refractivity contribution in [2.75, 3.05) is 0 Å². The highest BCUT2D eigenvalue weighted by Crippen LogP contribution is 2.41. The Hall–Kier alpha value is -0.970. The Morgan fingerprint density at radius 3 is 2.85 bits per heavy atom. The maximum atomic E-state index is 12.4. The van der Waals surface area contributed by atoms with E-state index in [0.717, 1.165) is 28.8 Å². The SMILES string of the molecule is CCc1cnnc2c1C(=O)CC(c1cc(Cl)sc1Cl)C2. The van der Waals surface area contributed by atoms with Gasteiger partial charge in [-0.15, -0.1) is 11.3 Å². The summed E-state index contributed by atoms with van der Waals surface area (Å²) >= 11 is 13.5. The van der Waals surface area contributed by atoms with E-state index in [4.69, 9.17) is 23.2 Å². The predicted molar refractivity (Wildman–Crippen MR) is 81.1 cm³/mol. The molecule has 6 heteroatoms. The summed E-state index contributed by atoms with van der Waals surface area (Å²) in [5.41, 5.74) is 3.47. The van der Waals surface area contributed by atoms with Gasteiger partial charge in [-0.05, 0) is 36.0 Å². The van der Waals surface area contributed by atoms with E-state index in [1.54, 1.807) is 6.20 Å². The van der Waals surface area contributed by atoms with E-state index in [1.165, 1.54) is 11.3 Å². The Morgan fingerprint density at radius 2 is 2.20 bits per heavy atom. The van der Waals surface area contributed by atoms with Crippen LogP contribution in [0.2, 0.25) is 8.67 Å². The summed E-state index contributed by atoms with van der Waals surface area (Å²) in [5.74, 6) is 0.175. The molecule has 1 unspecified atom stereocenters. The first-order valence-electron chi connectivity index (χ1n) is 6.41. The molecule has 2 aromatic heterocycles. The highest BCUT2D eigenvalue weighted by molar-refractivity contribution is 7.20. The predicted octanol–water partition coefficient (Wildman–Crippen LogP) is 4.32. The maximum absolute atomic E-state index is 12.4. The number of halogens is 2. The smallest absolute Gasteiger partial charge is 0.165 e. The van der Waals surface area contributed by atoms with Crippen LogP contribution in [-0.2, 0) is 12.8 Å². The summed E-state index contributed by atoms with van der Waals surface area (Å²) in [6.07, 6.45) is 3.62. The van der Waals surface area contributed by atoms with Crippen molar-refractivity contribution >= 4 is 40.3 Å². The van der Waals surface area contributed by atoms with E-state index in [2.05, 4.69) is 10.2 Å². The Bertz CT molecular complexity index is 684. The lowest BCUT2D eigenvalue weighted by molar-refractivity contribution is 0.0961. The van der Waals surface area contributed by atoms with Gasteiger partial charge < -0.3 is 0 Å². The summed E-state index contributed by atoms with van der Waals surface area (Å²) in [7, 11) is 0. The van der Waals surface area contributed by atoms with Gasteiger partial charge in [-0.2, -0.15) is 10.2 Å². The molecule has 20 heavy (non-hydrogen) atoms. The van der Waals surface area contributed by atoms with E-state index >= 15 is 0 Å². The Morgan fingerprint density at radius 1 is 1.40 bits per heavy atom. The molecular formula is C14H12Cl2N2OS. The maximum Gasteiger partial charge on any atom is 0.165 e. The number of aromatic nitrogens is 2. The van der Waals surface area contributed by atoms with Gasteiger partial charge in [0.1, 0.15) is 0 Å². The van der Waals surface area contributed by atoms with Gasteiger partial charge in [-0.1, -0.05) is 30.1 Å².